The molecule has 0 atom stereocenters. The second kappa shape index (κ2) is 8.50. The van der Waals surface area contributed by atoms with E-state index in [1.807, 2.05) is 32.9 Å². The number of hydrogen-bond donors (Lipinski definition) is 2. The van der Waals surface area contributed by atoms with E-state index in [-0.39, 0.29) is 23.2 Å². The number of furan rings is 1. The van der Waals surface area contributed by atoms with Crippen molar-refractivity contribution >= 4 is 22.9 Å². The number of nitrogens with zero attached hydrogens (tertiary/aromatic N) is 1. The topological polar surface area (TPSA) is 84.2 Å². The molecule has 4 aromatic rings. The third-order valence-corrected chi connectivity index (χ3v) is 5.05. The zero-order valence-electron chi connectivity index (χ0n) is 18.8. The summed E-state index contributed by atoms with van der Waals surface area (Å²) in [7, 11) is 1.53. The van der Waals surface area contributed by atoms with Crippen molar-refractivity contribution in [2.45, 2.75) is 26.3 Å². The Kier molecular flexibility index (Phi) is 5.72. The van der Waals surface area contributed by atoms with Gasteiger partial charge in [0.25, 0.3) is 11.8 Å². The lowest BCUT2D eigenvalue weighted by Crippen LogP contribution is -2.40. The third-order valence-electron chi connectivity index (χ3n) is 5.05. The fraction of sp³-hybridized carbons (Fsp3) is 0.192. The van der Waals surface area contributed by atoms with E-state index in [9.17, 15) is 14.0 Å². The second-order valence-electron chi connectivity index (χ2n) is 8.75. The predicted molar refractivity (Wildman–Crippen MR) is 125 cm³/mol. The molecule has 2 heterocycles. The van der Waals surface area contributed by atoms with Gasteiger partial charge in [0.15, 0.2) is 0 Å². The first-order valence-corrected chi connectivity index (χ1v) is 10.5. The van der Waals surface area contributed by atoms with Crippen LogP contribution < -0.4 is 10.6 Å². The molecular formula is C26H24FN3O3. The smallest absolute Gasteiger partial charge is 0.255 e. The first-order valence-electron chi connectivity index (χ1n) is 10.5. The summed E-state index contributed by atoms with van der Waals surface area (Å²) in [5.74, 6) is -0.587. The molecule has 6 nitrogen and oxygen atoms in total. The molecule has 0 aliphatic rings. The van der Waals surface area contributed by atoms with Gasteiger partial charge >= 0.3 is 0 Å². The molecule has 0 bridgehead atoms. The van der Waals surface area contributed by atoms with Crippen LogP contribution in [0.15, 0.2) is 65.2 Å². The van der Waals surface area contributed by atoms with Crippen molar-refractivity contribution in [1.29, 1.82) is 0 Å². The molecule has 2 aromatic heterocycles. The van der Waals surface area contributed by atoms with Crippen molar-refractivity contribution in [3.05, 3.63) is 77.7 Å². The van der Waals surface area contributed by atoms with Gasteiger partial charge in [0.1, 0.15) is 11.6 Å². The summed E-state index contributed by atoms with van der Waals surface area (Å²) in [6, 6.07) is 14.7. The van der Waals surface area contributed by atoms with Crippen LogP contribution in [-0.4, -0.2) is 29.4 Å². The van der Waals surface area contributed by atoms with Gasteiger partial charge in [-0.25, -0.2) is 9.37 Å². The van der Waals surface area contributed by atoms with E-state index < -0.39 is 0 Å². The van der Waals surface area contributed by atoms with Gasteiger partial charge in [-0.2, -0.15) is 0 Å². The molecule has 33 heavy (non-hydrogen) atoms. The highest BCUT2D eigenvalue weighted by molar-refractivity contribution is 6.11. The average molecular weight is 445 g/mol. The van der Waals surface area contributed by atoms with E-state index in [4.69, 9.17) is 4.42 Å². The molecule has 168 valence electrons. The average Bonchev–Trinajstić information content (AvgIpc) is 3.16. The molecule has 2 N–H and O–H groups in total. The molecule has 2 amide bonds. The lowest BCUT2D eigenvalue weighted by atomic mass is 10.0. The highest BCUT2D eigenvalue weighted by atomic mass is 19.1. The van der Waals surface area contributed by atoms with Gasteiger partial charge in [-0.05, 0) is 68.8 Å². The summed E-state index contributed by atoms with van der Waals surface area (Å²) in [4.78, 5) is 29.8. The fourth-order valence-electron chi connectivity index (χ4n) is 3.55. The van der Waals surface area contributed by atoms with E-state index in [2.05, 4.69) is 15.6 Å². The number of pyridine rings is 1. The Morgan fingerprint density at radius 3 is 2.33 bits per heavy atom. The van der Waals surface area contributed by atoms with Gasteiger partial charge < -0.3 is 15.1 Å². The number of carbonyl (C=O) groups is 2. The molecule has 0 spiro atoms. The Bertz CT molecular complexity index is 1350. The fourth-order valence-corrected chi connectivity index (χ4v) is 3.55. The molecule has 0 saturated carbocycles. The number of amides is 2. The molecule has 7 heteroatoms. The zero-order chi connectivity index (χ0) is 23.8. The van der Waals surface area contributed by atoms with Crippen molar-refractivity contribution in [2.24, 2.45) is 0 Å². The lowest BCUT2D eigenvalue weighted by molar-refractivity contribution is 0.0918. The Morgan fingerprint density at radius 1 is 0.939 bits per heavy atom. The first kappa shape index (κ1) is 22.2. The van der Waals surface area contributed by atoms with Crippen molar-refractivity contribution in [2.75, 3.05) is 7.05 Å². The Hall–Kier alpha value is -4.00. The van der Waals surface area contributed by atoms with Crippen LogP contribution >= 0.6 is 0 Å². The Morgan fingerprint density at radius 2 is 1.67 bits per heavy atom. The highest BCUT2D eigenvalue weighted by Crippen LogP contribution is 2.35. The zero-order valence-corrected chi connectivity index (χ0v) is 18.8. The van der Waals surface area contributed by atoms with Crippen molar-refractivity contribution in [1.82, 2.24) is 15.6 Å². The minimum atomic E-state index is -0.382. The van der Waals surface area contributed by atoms with Crippen LogP contribution in [-0.2, 0) is 0 Å². The van der Waals surface area contributed by atoms with Gasteiger partial charge in [-0.15, -0.1) is 0 Å². The van der Waals surface area contributed by atoms with Gasteiger partial charge in [-0.3, -0.25) is 9.59 Å². The standard InChI is InChI=1S/C26H24FN3O3/c1-26(2,3)30-23(31)17-7-5-6-16(12-17)18-13-20-21(24(32)28-4)22(33-25(20)29-14-18)15-8-10-19(27)11-9-15/h5-14H,1-4H3,(H,28,32)(H,30,31). The maximum atomic E-state index is 13.4. The summed E-state index contributed by atoms with van der Waals surface area (Å²) in [5.41, 5.74) is 2.84. The monoisotopic (exact) mass is 445 g/mol. The summed E-state index contributed by atoms with van der Waals surface area (Å²) >= 11 is 0. The van der Waals surface area contributed by atoms with Crippen LogP contribution in [0.5, 0.6) is 0 Å². The predicted octanol–water partition coefficient (Wildman–Crippen LogP) is 5.19. The van der Waals surface area contributed by atoms with Crippen LogP contribution in [0.3, 0.4) is 0 Å². The number of nitrogens with one attached hydrogen (secondary N) is 2. The number of carbonyl (C=O) groups excluding carboxylic acids is 2. The number of fused-ring (bicyclic) bond motifs is 1. The van der Waals surface area contributed by atoms with Crippen LogP contribution in [0.2, 0.25) is 0 Å². The normalized spacial score (nSPS) is 11.4. The van der Waals surface area contributed by atoms with Crippen molar-refractivity contribution < 1.29 is 18.4 Å². The number of benzene rings is 2. The number of aromatic nitrogens is 1. The van der Waals surface area contributed by atoms with E-state index >= 15 is 0 Å². The van der Waals surface area contributed by atoms with Crippen LogP contribution in [0, 0.1) is 5.82 Å². The van der Waals surface area contributed by atoms with E-state index in [0.717, 1.165) is 11.1 Å². The van der Waals surface area contributed by atoms with Crippen LogP contribution in [0.1, 0.15) is 41.5 Å². The van der Waals surface area contributed by atoms with Crippen molar-refractivity contribution in [3.8, 4) is 22.5 Å². The van der Waals surface area contributed by atoms with Crippen LogP contribution in [0.4, 0.5) is 4.39 Å². The minimum Gasteiger partial charge on any atom is -0.437 e. The largest absolute Gasteiger partial charge is 0.437 e. The lowest BCUT2D eigenvalue weighted by Gasteiger charge is -2.20. The number of hydrogen-bond acceptors (Lipinski definition) is 4. The molecule has 0 radical (unpaired) electrons. The maximum Gasteiger partial charge on any atom is 0.255 e. The molecule has 0 aliphatic heterocycles. The summed E-state index contributed by atoms with van der Waals surface area (Å²) in [6.07, 6.45) is 1.63. The van der Waals surface area contributed by atoms with Gasteiger partial charge in [0.05, 0.1) is 10.9 Å². The quantitative estimate of drug-likeness (QED) is 0.453. The first-order chi connectivity index (χ1) is 15.7. The van der Waals surface area contributed by atoms with E-state index in [1.165, 1.54) is 19.2 Å². The minimum absolute atomic E-state index is 0.175. The van der Waals surface area contributed by atoms with Gasteiger partial charge in [0.2, 0.25) is 5.71 Å². The van der Waals surface area contributed by atoms with E-state index in [1.54, 1.807) is 36.5 Å². The van der Waals surface area contributed by atoms with Gasteiger partial charge in [0, 0.05) is 35.5 Å². The third kappa shape index (κ3) is 4.62. The van der Waals surface area contributed by atoms with Gasteiger partial charge in [-0.1, -0.05) is 12.1 Å². The molecule has 2 aromatic carbocycles. The molecule has 4 rings (SSSR count). The summed E-state index contributed by atoms with van der Waals surface area (Å²) in [6.45, 7) is 5.76. The van der Waals surface area contributed by atoms with Crippen LogP contribution in [0.25, 0.3) is 33.6 Å². The molecule has 0 fully saturated rings. The Labute approximate surface area is 190 Å². The molecule has 0 aliphatic carbocycles. The Balaban J connectivity index is 1.81. The number of rotatable bonds is 4. The summed E-state index contributed by atoms with van der Waals surface area (Å²) < 4.78 is 19.3. The maximum absolute atomic E-state index is 13.4. The number of halogens is 1. The molecular weight excluding hydrogens is 421 g/mol. The summed E-state index contributed by atoms with van der Waals surface area (Å²) in [5, 5.41) is 6.11. The van der Waals surface area contributed by atoms with Crippen molar-refractivity contribution in [3.63, 3.8) is 0 Å². The highest BCUT2D eigenvalue weighted by Gasteiger charge is 2.23. The van der Waals surface area contributed by atoms with E-state index in [0.29, 0.717) is 33.6 Å². The molecule has 0 saturated heterocycles. The second-order valence-corrected chi connectivity index (χ2v) is 8.75. The molecule has 0 unspecified atom stereocenters. The SMILES string of the molecule is CNC(=O)c1c(-c2ccc(F)cc2)oc2ncc(-c3cccc(C(=O)NC(C)(C)C)c3)cc12.